The molecule has 0 N–H and O–H groups in total. The van der Waals surface area contributed by atoms with Crippen LogP contribution in [-0.2, 0) is 14.3 Å². The van der Waals surface area contributed by atoms with Crippen LogP contribution in [0.3, 0.4) is 0 Å². The quantitative estimate of drug-likeness (QED) is 0.794. The van der Waals surface area contributed by atoms with E-state index in [1.165, 1.54) is 14.0 Å². The molecule has 1 aromatic carbocycles. The third-order valence-corrected chi connectivity index (χ3v) is 4.15. The minimum Gasteiger partial charge on any atom is -0.495 e. The molecule has 1 aliphatic heterocycles. The molecule has 0 atom stereocenters. The number of esters is 2. The maximum atomic E-state index is 11.7. The molecule has 1 heterocycles. The summed E-state index contributed by atoms with van der Waals surface area (Å²) in [6.45, 7) is 4.81. The molecule has 0 aliphatic carbocycles. The Hall–Kier alpha value is -2.24. The predicted octanol–water partition coefficient (Wildman–Crippen LogP) is 2.40. The Bertz CT molecular complexity index is 591. The third kappa shape index (κ3) is 3.94. The van der Waals surface area contributed by atoms with Gasteiger partial charge in [-0.15, -0.1) is 0 Å². The Kier molecular flexibility index (Phi) is 5.13. The van der Waals surface area contributed by atoms with Crippen LogP contribution >= 0.6 is 0 Å². The second-order valence-corrected chi connectivity index (χ2v) is 5.91. The van der Waals surface area contributed by atoms with Gasteiger partial charge in [0.2, 0.25) is 0 Å². The Morgan fingerprint density at radius 3 is 2.35 bits per heavy atom. The van der Waals surface area contributed by atoms with Gasteiger partial charge in [-0.3, -0.25) is 4.79 Å². The van der Waals surface area contributed by atoms with E-state index in [-0.39, 0.29) is 11.9 Å². The summed E-state index contributed by atoms with van der Waals surface area (Å²) in [5, 5.41) is 0. The van der Waals surface area contributed by atoms with E-state index in [9.17, 15) is 9.59 Å². The van der Waals surface area contributed by atoms with Gasteiger partial charge in [-0.1, -0.05) is 0 Å². The first-order chi connectivity index (χ1) is 10.9. The number of hydrogen-bond donors (Lipinski definition) is 0. The molecule has 23 heavy (non-hydrogen) atoms. The normalized spacial score (nSPS) is 16.6. The topological polar surface area (TPSA) is 65.1 Å². The van der Waals surface area contributed by atoms with E-state index in [0.717, 1.165) is 18.5 Å². The molecule has 6 nitrogen and oxygen atoms in total. The minimum absolute atomic E-state index is 0.258. The summed E-state index contributed by atoms with van der Waals surface area (Å²) < 4.78 is 15.6. The average Bonchev–Trinajstić information content (AvgIpc) is 2.53. The van der Waals surface area contributed by atoms with Gasteiger partial charge in [-0.2, -0.15) is 0 Å². The van der Waals surface area contributed by atoms with Gasteiger partial charge in [-0.25, -0.2) is 4.79 Å². The predicted molar refractivity (Wildman–Crippen MR) is 86.0 cm³/mol. The van der Waals surface area contributed by atoms with Crippen molar-refractivity contribution in [1.29, 1.82) is 0 Å². The summed E-state index contributed by atoms with van der Waals surface area (Å²) in [5.41, 5.74) is 0.895. The van der Waals surface area contributed by atoms with Crippen LogP contribution in [0.1, 0.15) is 37.0 Å². The second kappa shape index (κ2) is 6.89. The smallest absolute Gasteiger partial charge is 0.337 e. The van der Waals surface area contributed by atoms with Crippen molar-refractivity contribution in [1.82, 2.24) is 0 Å². The first-order valence-corrected chi connectivity index (χ1v) is 7.59. The van der Waals surface area contributed by atoms with E-state index in [0.29, 0.717) is 24.4 Å². The van der Waals surface area contributed by atoms with Crippen molar-refractivity contribution in [3.05, 3.63) is 23.8 Å². The van der Waals surface area contributed by atoms with Crippen LogP contribution in [0, 0.1) is 0 Å². The zero-order valence-corrected chi connectivity index (χ0v) is 14.0. The summed E-state index contributed by atoms with van der Waals surface area (Å²) in [7, 11) is 2.96. The molecule has 1 aromatic rings. The summed E-state index contributed by atoms with van der Waals surface area (Å²) >= 11 is 0. The monoisotopic (exact) mass is 321 g/mol. The summed E-state index contributed by atoms with van der Waals surface area (Å²) in [6, 6.07) is 5.22. The highest BCUT2D eigenvalue weighted by molar-refractivity contribution is 5.91. The average molecular weight is 321 g/mol. The standard InChI is InChI=1S/C17H23NO5/c1-12(19)23-17(2)7-9-18(10-8-17)14-11-13(16(20)22-4)5-6-15(14)21-3/h5-6,11H,7-10H2,1-4H3. The fraction of sp³-hybridized carbons (Fsp3) is 0.529. The Morgan fingerprint density at radius 2 is 1.83 bits per heavy atom. The highest BCUT2D eigenvalue weighted by Gasteiger charge is 2.33. The first-order valence-electron chi connectivity index (χ1n) is 7.59. The van der Waals surface area contributed by atoms with Crippen LogP contribution in [-0.4, -0.2) is 44.8 Å². The van der Waals surface area contributed by atoms with Gasteiger partial charge in [-0.05, 0) is 25.1 Å². The van der Waals surface area contributed by atoms with Crippen LogP contribution in [0.4, 0.5) is 5.69 Å². The molecular formula is C17H23NO5. The molecule has 1 saturated heterocycles. The van der Waals surface area contributed by atoms with Gasteiger partial charge in [0, 0.05) is 32.9 Å². The van der Waals surface area contributed by atoms with Crippen LogP contribution in [0.15, 0.2) is 18.2 Å². The largest absolute Gasteiger partial charge is 0.495 e. The lowest BCUT2D eigenvalue weighted by Gasteiger charge is -2.40. The molecule has 0 saturated carbocycles. The molecule has 1 aliphatic rings. The van der Waals surface area contributed by atoms with Gasteiger partial charge >= 0.3 is 11.9 Å². The lowest BCUT2D eigenvalue weighted by molar-refractivity contribution is -0.157. The fourth-order valence-electron chi connectivity index (χ4n) is 2.85. The maximum absolute atomic E-state index is 11.7. The molecular weight excluding hydrogens is 298 g/mol. The zero-order valence-electron chi connectivity index (χ0n) is 14.0. The van der Waals surface area contributed by atoms with Crippen molar-refractivity contribution in [2.45, 2.75) is 32.3 Å². The molecule has 126 valence electrons. The number of benzene rings is 1. The molecule has 0 amide bonds. The lowest BCUT2D eigenvalue weighted by Crippen LogP contribution is -2.45. The molecule has 1 fully saturated rings. The number of ether oxygens (including phenoxy) is 3. The van der Waals surface area contributed by atoms with Gasteiger partial charge < -0.3 is 19.1 Å². The number of anilines is 1. The number of methoxy groups -OCH3 is 2. The molecule has 2 rings (SSSR count). The summed E-state index contributed by atoms with van der Waals surface area (Å²) in [5.74, 6) is 0.0654. The van der Waals surface area contributed by atoms with E-state index in [2.05, 4.69) is 4.90 Å². The van der Waals surface area contributed by atoms with Crippen molar-refractivity contribution >= 4 is 17.6 Å². The molecule has 0 bridgehead atoms. The summed E-state index contributed by atoms with van der Waals surface area (Å²) in [4.78, 5) is 25.1. The van der Waals surface area contributed by atoms with E-state index in [1.807, 2.05) is 6.92 Å². The SMILES string of the molecule is COC(=O)c1ccc(OC)c(N2CCC(C)(OC(C)=O)CC2)c1. The number of carbonyl (C=O) groups excluding carboxylic acids is 2. The molecule has 6 heteroatoms. The van der Waals surface area contributed by atoms with E-state index in [4.69, 9.17) is 14.2 Å². The van der Waals surface area contributed by atoms with Crippen LogP contribution in [0.25, 0.3) is 0 Å². The number of carbonyl (C=O) groups is 2. The number of hydrogen-bond acceptors (Lipinski definition) is 6. The number of rotatable bonds is 4. The van der Waals surface area contributed by atoms with Gasteiger partial charge in [0.05, 0.1) is 25.5 Å². The van der Waals surface area contributed by atoms with Crippen molar-refractivity contribution in [2.75, 3.05) is 32.2 Å². The Balaban J connectivity index is 2.19. The molecule has 0 radical (unpaired) electrons. The van der Waals surface area contributed by atoms with E-state index < -0.39 is 5.60 Å². The van der Waals surface area contributed by atoms with Crippen LogP contribution in [0.2, 0.25) is 0 Å². The maximum Gasteiger partial charge on any atom is 0.337 e. The van der Waals surface area contributed by atoms with Crippen molar-refractivity contribution in [3.8, 4) is 5.75 Å². The van der Waals surface area contributed by atoms with Crippen molar-refractivity contribution in [2.24, 2.45) is 0 Å². The number of piperidine rings is 1. The van der Waals surface area contributed by atoms with Gasteiger partial charge in [0.25, 0.3) is 0 Å². The lowest BCUT2D eigenvalue weighted by atomic mass is 9.92. The summed E-state index contributed by atoms with van der Waals surface area (Å²) in [6.07, 6.45) is 1.44. The highest BCUT2D eigenvalue weighted by Crippen LogP contribution is 2.35. The van der Waals surface area contributed by atoms with Gasteiger partial charge in [0.15, 0.2) is 0 Å². The minimum atomic E-state index is -0.435. The van der Waals surface area contributed by atoms with E-state index >= 15 is 0 Å². The Labute approximate surface area is 136 Å². The highest BCUT2D eigenvalue weighted by atomic mass is 16.6. The van der Waals surface area contributed by atoms with Crippen molar-refractivity contribution < 1.29 is 23.8 Å². The van der Waals surface area contributed by atoms with Crippen LogP contribution in [0.5, 0.6) is 5.75 Å². The molecule has 0 unspecified atom stereocenters. The fourth-order valence-corrected chi connectivity index (χ4v) is 2.85. The van der Waals surface area contributed by atoms with Crippen molar-refractivity contribution in [3.63, 3.8) is 0 Å². The number of nitrogens with zero attached hydrogens (tertiary/aromatic N) is 1. The second-order valence-electron chi connectivity index (χ2n) is 5.91. The molecule has 0 spiro atoms. The van der Waals surface area contributed by atoms with E-state index in [1.54, 1.807) is 25.3 Å². The third-order valence-electron chi connectivity index (χ3n) is 4.15. The zero-order chi connectivity index (χ0) is 17.0. The van der Waals surface area contributed by atoms with Crippen LogP contribution < -0.4 is 9.64 Å². The van der Waals surface area contributed by atoms with Gasteiger partial charge in [0.1, 0.15) is 11.4 Å². The first kappa shape index (κ1) is 17.1. The molecule has 0 aromatic heterocycles. The Morgan fingerprint density at radius 1 is 1.17 bits per heavy atom.